The van der Waals surface area contributed by atoms with Crippen LogP contribution in [-0.2, 0) is 11.3 Å². The molecule has 1 atom stereocenters. The predicted molar refractivity (Wildman–Crippen MR) is 53.7 cm³/mol. The van der Waals surface area contributed by atoms with E-state index in [-0.39, 0.29) is 6.04 Å². The van der Waals surface area contributed by atoms with Gasteiger partial charge in [-0.1, -0.05) is 5.21 Å². The molecule has 0 aliphatic rings. The van der Waals surface area contributed by atoms with Gasteiger partial charge >= 0.3 is 0 Å². The summed E-state index contributed by atoms with van der Waals surface area (Å²) in [5.74, 6) is 0. The molecule has 1 heterocycles. The number of nitrogens with two attached hydrogens (primary N) is 1. The minimum atomic E-state index is -0.0391. The molecule has 14 heavy (non-hydrogen) atoms. The zero-order valence-electron chi connectivity index (χ0n) is 8.81. The Kier molecular flexibility index (Phi) is 4.55. The monoisotopic (exact) mass is 198 g/mol. The maximum atomic E-state index is 5.67. The molecule has 0 saturated heterocycles. The predicted octanol–water partition coefficient (Wildman–Crippen LogP) is 0.724. The van der Waals surface area contributed by atoms with Crippen molar-refractivity contribution in [1.82, 2.24) is 15.0 Å². The first kappa shape index (κ1) is 11.1. The SMILES string of the molecule is COCCCCn1cc(C(C)N)nn1. The molecule has 1 rings (SSSR count). The van der Waals surface area contributed by atoms with Gasteiger partial charge < -0.3 is 10.5 Å². The van der Waals surface area contributed by atoms with E-state index in [2.05, 4.69) is 10.3 Å². The Bertz CT molecular complexity index is 259. The van der Waals surface area contributed by atoms with Crippen LogP contribution in [0.15, 0.2) is 6.20 Å². The van der Waals surface area contributed by atoms with E-state index >= 15 is 0 Å². The maximum absolute atomic E-state index is 5.67. The molecule has 1 aromatic rings. The first-order chi connectivity index (χ1) is 6.74. The molecule has 0 saturated carbocycles. The average molecular weight is 198 g/mol. The number of ether oxygens (including phenoxy) is 1. The van der Waals surface area contributed by atoms with Crippen LogP contribution >= 0.6 is 0 Å². The fraction of sp³-hybridized carbons (Fsp3) is 0.778. The summed E-state index contributed by atoms with van der Waals surface area (Å²) in [5, 5.41) is 7.95. The van der Waals surface area contributed by atoms with Crippen molar-refractivity contribution in [3.8, 4) is 0 Å². The van der Waals surface area contributed by atoms with E-state index in [4.69, 9.17) is 10.5 Å². The summed E-state index contributed by atoms with van der Waals surface area (Å²) in [6, 6.07) is -0.0391. The van der Waals surface area contributed by atoms with Gasteiger partial charge in [0.15, 0.2) is 0 Å². The quantitative estimate of drug-likeness (QED) is 0.684. The van der Waals surface area contributed by atoms with Crippen molar-refractivity contribution in [1.29, 1.82) is 0 Å². The number of rotatable bonds is 6. The summed E-state index contributed by atoms with van der Waals surface area (Å²) in [6.45, 7) is 3.58. The third kappa shape index (κ3) is 3.43. The largest absolute Gasteiger partial charge is 0.385 e. The van der Waals surface area contributed by atoms with Crippen molar-refractivity contribution in [2.24, 2.45) is 5.73 Å². The zero-order chi connectivity index (χ0) is 10.4. The van der Waals surface area contributed by atoms with E-state index in [1.165, 1.54) is 0 Å². The third-order valence-electron chi connectivity index (χ3n) is 2.01. The van der Waals surface area contributed by atoms with E-state index < -0.39 is 0 Å². The van der Waals surface area contributed by atoms with Gasteiger partial charge in [-0.15, -0.1) is 5.10 Å². The lowest BCUT2D eigenvalue weighted by Crippen LogP contribution is -2.05. The Morgan fingerprint density at radius 3 is 2.93 bits per heavy atom. The molecule has 0 spiro atoms. The number of nitrogens with zero attached hydrogens (tertiary/aromatic N) is 3. The highest BCUT2D eigenvalue weighted by molar-refractivity contribution is 4.97. The lowest BCUT2D eigenvalue weighted by Gasteiger charge is -1.99. The molecule has 0 aromatic carbocycles. The summed E-state index contributed by atoms with van der Waals surface area (Å²) in [6.07, 6.45) is 4.00. The van der Waals surface area contributed by atoms with Gasteiger partial charge in [-0.25, -0.2) is 0 Å². The topological polar surface area (TPSA) is 66.0 Å². The molecule has 80 valence electrons. The molecule has 0 fully saturated rings. The van der Waals surface area contributed by atoms with Crippen molar-refractivity contribution in [2.45, 2.75) is 32.4 Å². The van der Waals surface area contributed by atoms with Crippen molar-refractivity contribution in [2.75, 3.05) is 13.7 Å². The Balaban J connectivity index is 2.29. The third-order valence-corrected chi connectivity index (χ3v) is 2.01. The van der Waals surface area contributed by atoms with Crippen LogP contribution < -0.4 is 5.73 Å². The van der Waals surface area contributed by atoms with Crippen LogP contribution in [0.3, 0.4) is 0 Å². The molecule has 5 nitrogen and oxygen atoms in total. The molecule has 5 heteroatoms. The minimum Gasteiger partial charge on any atom is -0.385 e. The van der Waals surface area contributed by atoms with E-state index in [1.807, 2.05) is 17.8 Å². The number of aromatic nitrogens is 3. The fourth-order valence-electron chi connectivity index (χ4n) is 1.15. The van der Waals surface area contributed by atoms with E-state index in [0.717, 1.165) is 31.7 Å². The van der Waals surface area contributed by atoms with Crippen LogP contribution in [0.5, 0.6) is 0 Å². The van der Waals surface area contributed by atoms with Crippen LogP contribution in [0.4, 0.5) is 0 Å². The number of hydrogen-bond acceptors (Lipinski definition) is 4. The Morgan fingerprint density at radius 1 is 1.57 bits per heavy atom. The Hall–Kier alpha value is -0.940. The number of aryl methyl sites for hydroxylation is 1. The van der Waals surface area contributed by atoms with Gasteiger partial charge in [0.05, 0.1) is 11.9 Å². The highest BCUT2D eigenvalue weighted by atomic mass is 16.5. The van der Waals surface area contributed by atoms with Gasteiger partial charge in [0.25, 0.3) is 0 Å². The van der Waals surface area contributed by atoms with Crippen LogP contribution in [0.2, 0.25) is 0 Å². The fourth-order valence-corrected chi connectivity index (χ4v) is 1.15. The molecule has 1 aromatic heterocycles. The van der Waals surface area contributed by atoms with E-state index in [9.17, 15) is 0 Å². The molecule has 2 N–H and O–H groups in total. The minimum absolute atomic E-state index is 0.0391. The normalized spacial score (nSPS) is 13.1. The molecular formula is C9H18N4O. The molecule has 1 unspecified atom stereocenters. The lowest BCUT2D eigenvalue weighted by molar-refractivity contribution is 0.191. The molecule has 0 amide bonds. The summed E-state index contributed by atoms with van der Waals surface area (Å²) in [5.41, 5.74) is 6.51. The molecular weight excluding hydrogens is 180 g/mol. The smallest absolute Gasteiger partial charge is 0.0991 e. The first-order valence-corrected chi connectivity index (χ1v) is 4.88. The number of methoxy groups -OCH3 is 1. The zero-order valence-corrected chi connectivity index (χ0v) is 8.81. The lowest BCUT2D eigenvalue weighted by atomic mass is 10.3. The van der Waals surface area contributed by atoms with Gasteiger partial charge in [-0.2, -0.15) is 0 Å². The molecule has 0 aliphatic heterocycles. The Labute approximate surface area is 84.2 Å². The molecule has 0 aliphatic carbocycles. The van der Waals surface area contributed by atoms with Gasteiger partial charge in [-0.3, -0.25) is 4.68 Å². The molecule has 0 radical (unpaired) electrons. The van der Waals surface area contributed by atoms with Crippen LogP contribution in [0.1, 0.15) is 31.5 Å². The van der Waals surface area contributed by atoms with Gasteiger partial charge in [0, 0.05) is 26.3 Å². The van der Waals surface area contributed by atoms with Gasteiger partial charge in [0.1, 0.15) is 0 Å². The van der Waals surface area contributed by atoms with Crippen molar-refractivity contribution in [3.63, 3.8) is 0 Å². The number of unbranched alkanes of at least 4 members (excludes halogenated alkanes) is 1. The average Bonchev–Trinajstić information content (AvgIpc) is 2.61. The summed E-state index contributed by atoms with van der Waals surface area (Å²) >= 11 is 0. The Morgan fingerprint density at radius 2 is 2.36 bits per heavy atom. The van der Waals surface area contributed by atoms with Crippen LogP contribution in [0, 0.1) is 0 Å². The summed E-state index contributed by atoms with van der Waals surface area (Å²) in [7, 11) is 1.71. The second-order valence-corrected chi connectivity index (χ2v) is 3.40. The van der Waals surface area contributed by atoms with Crippen molar-refractivity contribution >= 4 is 0 Å². The first-order valence-electron chi connectivity index (χ1n) is 4.88. The second-order valence-electron chi connectivity index (χ2n) is 3.40. The highest BCUT2D eigenvalue weighted by Gasteiger charge is 2.04. The van der Waals surface area contributed by atoms with Crippen LogP contribution in [0.25, 0.3) is 0 Å². The summed E-state index contributed by atoms with van der Waals surface area (Å²) in [4.78, 5) is 0. The van der Waals surface area contributed by atoms with Gasteiger partial charge in [0.2, 0.25) is 0 Å². The summed E-state index contributed by atoms with van der Waals surface area (Å²) < 4.78 is 6.79. The van der Waals surface area contributed by atoms with Crippen molar-refractivity contribution in [3.05, 3.63) is 11.9 Å². The van der Waals surface area contributed by atoms with E-state index in [0.29, 0.717) is 0 Å². The van der Waals surface area contributed by atoms with E-state index in [1.54, 1.807) is 7.11 Å². The highest BCUT2D eigenvalue weighted by Crippen LogP contribution is 2.04. The maximum Gasteiger partial charge on any atom is 0.0991 e. The van der Waals surface area contributed by atoms with Crippen LogP contribution in [-0.4, -0.2) is 28.7 Å². The van der Waals surface area contributed by atoms with Crippen molar-refractivity contribution < 1.29 is 4.74 Å². The number of hydrogen-bond donors (Lipinski definition) is 1. The molecule has 0 bridgehead atoms. The van der Waals surface area contributed by atoms with Gasteiger partial charge in [-0.05, 0) is 19.8 Å². The second kappa shape index (κ2) is 5.72. The standard InChI is InChI=1S/C9H18N4O/c1-8(10)9-7-13(12-11-9)5-3-4-6-14-2/h7-8H,3-6,10H2,1-2H3.